The van der Waals surface area contributed by atoms with Crippen molar-refractivity contribution in [2.45, 2.75) is 4.90 Å². The maximum atomic E-state index is 4.92. The molecule has 2 aliphatic heterocycles. The lowest BCUT2D eigenvalue weighted by atomic mass is 10.0. The van der Waals surface area contributed by atoms with Gasteiger partial charge in [0.2, 0.25) is 0 Å². The molecule has 0 saturated carbocycles. The van der Waals surface area contributed by atoms with Crippen molar-refractivity contribution in [1.82, 2.24) is 19.9 Å². The summed E-state index contributed by atoms with van der Waals surface area (Å²) in [6.07, 6.45) is 8.16. The number of thiol groups is 1. The highest BCUT2D eigenvalue weighted by Gasteiger charge is 2.11. The average molecular weight is 419 g/mol. The Labute approximate surface area is 184 Å². The van der Waals surface area contributed by atoms with Gasteiger partial charge in [-0.2, -0.15) is 0 Å². The number of H-pyrrole nitrogens is 2. The highest BCUT2D eigenvalue weighted by molar-refractivity contribution is 7.80. The van der Waals surface area contributed by atoms with Gasteiger partial charge in [-0.25, -0.2) is 9.97 Å². The molecular weight excluding hydrogens is 400 g/mol. The zero-order valence-electron chi connectivity index (χ0n) is 16.5. The number of aromatic amines is 2. The fraction of sp³-hybridized carbons (Fsp3) is 0. The highest BCUT2D eigenvalue weighted by Crippen LogP contribution is 2.31. The molecule has 6 rings (SSSR count). The van der Waals surface area contributed by atoms with Crippen LogP contribution in [0.25, 0.3) is 57.5 Å². The number of aromatic nitrogens is 4. The zero-order valence-corrected chi connectivity index (χ0v) is 17.4. The molecular formula is C26H18N4S. The van der Waals surface area contributed by atoms with Crippen molar-refractivity contribution in [3.63, 3.8) is 0 Å². The predicted octanol–water partition coefficient (Wildman–Crippen LogP) is 6.61. The van der Waals surface area contributed by atoms with E-state index in [1.807, 2.05) is 36.4 Å². The molecule has 5 heteroatoms. The largest absolute Gasteiger partial charge is 0.355 e. The second-order valence-electron chi connectivity index (χ2n) is 7.60. The molecule has 0 spiro atoms. The standard InChI is InChI=1S/C26H18N4S/c31-23-3-1-2-16(12-23)26-24-10-8-21(29-24)14-19-6-4-17(27-19)13-18-5-7-20(28-18)15-22-9-11-25(26)30-22/h1-15,27,30-31H. The molecule has 31 heavy (non-hydrogen) atoms. The normalized spacial score (nSPS) is 12.4. The molecule has 0 radical (unpaired) electrons. The van der Waals surface area contributed by atoms with Crippen molar-refractivity contribution in [2.75, 3.05) is 0 Å². The third-order valence-electron chi connectivity index (χ3n) is 5.35. The molecule has 148 valence electrons. The Morgan fingerprint density at radius 1 is 0.613 bits per heavy atom. The minimum absolute atomic E-state index is 0.905. The van der Waals surface area contributed by atoms with Crippen LogP contribution in [0.2, 0.25) is 0 Å². The molecule has 0 unspecified atom stereocenters. The lowest BCUT2D eigenvalue weighted by Crippen LogP contribution is -1.85. The van der Waals surface area contributed by atoms with Crippen molar-refractivity contribution in [3.05, 3.63) is 89.5 Å². The Hall–Kier alpha value is -3.83. The van der Waals surface area contributed by atoms with Crippen molar-refractivity contribution < 1.29 is 0 Å². The first-order valence-corrected chi connectivity index (χ1v) is 10.5. The Bertz CT molecular complexity index is 1550. The van der Waals surface area contributed by atoms with Crippen molar-refractivity contribution in [1.29, 1.82) is 0 Å². The van der Waals surface area contributed by atoms with Crippen LogP contribution in [-0.2, 0) is 0 Å². The number of benzene rings is 1. The minimum Gasteiger partial charge on any atom is -0.355 e. The van der Waals surface area contributed by atoms with Crippen LogP contribution < -0.4 is 0 Å². The smallest absolute Gasteiger partial charge is 0.0736 e. The number of rotatable bonds is 1. The van der Waals surface area contributed by atoms with Gasteiger partial charge >= 0.3 is 0 Å². The molecule has 8 bridgehead atoms. The van der Waals surface area contributed by atoms with Crippen molar-refractivity contribution >= 4 is 59.0 Å². The van der Waals surface area contributed by atoms with Crippen molar-refractivity contribution in [2.24, 2.45) is 0 Å². The number of fused-ring (bicyclic) bond motifs is 8. The number of nitrogens with zero attached hydrogens (tertiary/aromatic N) is 2. The summed E-state index contributed by atoms with van der Waals surface area (Å²) in [6.45, 7) is 0. The second kappa shape index (κ2) is 7.15. The first-order chi connectivity index (χ1) is 15.2. The van der Waals surface area contributed by atoms with Crippen LogP contribution >= 0.6 is 12.6 Å². The SMILES string of the molecule is Sc1cccc(-c2c3nc(cc4ccc(cc5nc(cc6ccc2[nH]6)C=C5)[nH]4)C=C3)c1. The molecule has 2 aliphatic rings. The van der Waals surface area contributed by atoms with Gasteiger partial charge in [0, 0.05) is 32.5 Å². The summed E-state index contributed by atoms with van der Waals surface area (Å²) in [4.78, 5) is 17.5. The van der Waals surface area contributed by atoms with E-state index in [1.54, 1.807) is 0 Å². The molecule has 0 fully saturated rings. The van der Waals surface area contributed by atoms with Crippen LogP contribution in [0.5, 0.6) is 0 Å². The van der Waals surface area contributed by atoms with Gasteiger partial charge in [0.25, 0.3) is 0 Å². The van der Waals surface area contributed by atoms with E-state index >= 15 is 0 Å². The van der Waals surface area contributed by atoms with Gasteiger partial charge < -0.3 is 9.97 Å². The number of nitrogens with one attached hydrogen (secondary N) is 2. The predicted molar refractivity (Wildman–Crippen MR) is 132 cm³/mol. The Morgan fingerprint density at radius 2 is 1.26 bits per heavy atom. The van der Waals surface area contributed by atoms with Gasteiger partial charge in [0.15, 0.2) is 0 Å². The molecule has 2 N–H and O–H groups in total. The first kappa shape index (κ1) is 18.0. The summed E-state index contributed by atoms with van der Waals surface area (Å²) < 4.78 is 0. The monoisotopic (exact) mass is 418 g/mol. The van der Waals surface area contributed by atoms with Gasteiger partial charge in [-0.05, 0) is 84.5 Å². The minimum atomic E-state index is 0.905. The summed E-state index contributed by atoms with van der Waals surface area (Å²) in [7, 11) is 0. The maximum absolute atomic E-state index is 4.92. The molecule has 5 heterocycles. The van der Waals surface area contributed by atoms with Crippen LogP contribution in [-0.4, -0.2) is 19.9 Å². The molecule has 1 aromatic carbocycles. The van der Waals surface area contributed by atoms with E-state index < -0.39 is 0 Å². The fourth-order valence-corrected chi connectivity index (χ4v) is 4.20. The molecule has 3 aromatic heterocycles. The van der Waals surface area contributed by atoms with Gasteiger partial charge in [-0.3, -0.25) is 0 Å². The van der Waals surface area contributed by atoms with Crippen LogP contribution in [0.3, 0.4) is 0 Å². The van der Waals surface area contributed by atoms with E-state index in [4.69, 9.17) is 9.97 Å². The Kier molecular flexibility index (Phi) is 4.14. The Morgan fingerprint density at radius 3 is 2.00 bits per heavy atom. The topological polar surface area (TPSA) is 57.4 Å². The molecule has 4 aromatic rings. The summed E-state index contributed by atoms with van der Waals surface area (Å²) in [6, 6.07) is 22.6. The maximum Gasteiger partial charge on any atom is 0.0736 e. The molecule has 0 atom stereocenters. The second-order valence-corrected chi connectivity index (χ2v) is 8.12. The molecule has 0 amide bonds. The summed E-state index contributed by atoms with van der Waals surface area (Å²) >= 11 is 4.54. The lowest BCUT2D eigenvalue weighted by Gasteiger charge is -2.04. The summed E-state index contributed by atoms with van der Waals surface area (Å²) in [5.41, 5.74) is 9.77. The zero-order chi connectivity index (χ0) is 20.8. The van der Waals surface area contributed by atoms with Gasteiger partial charge in [0.05, 0.1) is 22.8 Å². The van der Waals surface area contributed by atoms with Crippen LogP contribution in [0.15, 0.2) is 71.6 Å². The summed E-state index contributed by atoms with van der Waals surface area (Å²) in [5.74, 6) is 0. The van der Waals surface area contributed by atoms with Gasteiger partial charge in [-0.15, -0.1) is 12.6 Å². The van der Waals surface area contributed by atoms with Crippen LogP contribution in [0.1, 0.15) is 22.8 Å². The van der Waals surface area contributed by atoms with E-state index in [2.05, 4.69) is 77.2 Å². The summed E-state index contributed by atoms with van der Waals surface area (Å²) in [5, 5.41) is 0. The van der Waals surface area contributed by atoms with Gasteiger partial charge in [-0.1, -0.05) is 12.1 Å². The highest BCUT2D eigenvalue weighted by atomic mass is 32.1. The fourth-order valence-electron chi connectivity index (χ4n) is 3.97. The molecule has 4 nitrogen and oxygen atoms in total. The molecule has 0 saturated heterocycles. The van der Waals surface area contributed by atoms with E-state index in [0.717, 1.165) is 60.9 Å². The van der Waals surface area contributed by atoms with Crippen molar-refractivity contribution in [3.8, 4) is 11.1 Å². The van der Waals surface area contributed by atoms with E-state index in [0.29, 0.717) is 0 Å². The third-order valence-corrected chi connectivity index (χ3v) is 5.63. The van der Waals surface area contributed by atoms with E-state index in [9.17, 15) is 0 Å². The Balaban J connectivity index is 1.73. The van der Waals surface area contributed by atoms with Crippen LogP contribution in [0, 0.1) is 0 Å². The average Bonchev–Trinajstić information content (AvgIpc) is 3.53. The quantitative estimate of drug-likeness (QED) is 0.263. The first-order valence-electron chi connectivity index (χ1n) is 10.1. The van der Waals surface area contributed by atoms with E-state index in [1.165, 1.54) is 0 Å². The number of hydrogen-bond donors (Lipinski definition) is 3. The lowest BCUT2D eigenvalue weighted by molar-refractivity contribution is 1.31. The molecule has 0 aliphatic carbocycles. The van der Waals surface area contributed by atoms with Gasteiger partial charge in [0.1, 0.15) is 0 Å². The van der Waals surface area contributed by atoms with E-state index in [-0.39, 0.29) is 0 Å². The number of hydrogen-bond acceptors (Lipinski definition) is 3. The van der Waals surface area contributed by atoms with Crippen LogP contribution in [0.4, 0.5) is 0 Å². The third kappa shape index (κ3) is 3.49.